The molecule has 0 aromatic carbocycles. The number of aliphatic hydroxyl groups is 1. The van der Waals surface area contributed by atoms with E-state index in [9.17, 15) is 43.2 Å². The smallest absolute Gasteiger partial charge is 0.462 e. The summed E-state index contributed by atoms with van der Waals surface area (Å²) in [7, 11) is -10.0. The van der Waals surface area contributed by atoms with E-state index in [4.69, 9.17) is 37.0 Å². The van der Waals surface area contributed by atoms with Gasteiger partial charge in [0.2, 0.25) is 0 Å². The highest BCUT2D eigenvalue weighted by Gasteiger charge is 2.30. The van der Waals surface area contributed by atoms with Gasteiger partial charge in [-0.2, -0.15) is 0 Å². The molecule has 0 amide bonds. The Labute approximate surface area is 642 Å². The van der Waals surface area contributed by atoms with Gasteiger partial charge in [-0.25, -0.2) is 9.13 Å². The highest BCUT2D eigenvalue weighted by molar-refractivity contribution is 7.47. The molecule has 0 aliphatic heterocycles. The van der Waals surface area contributed by atoms with Gasteiger partial charge in [-0.05, 0) is 161 Å². The Morgan fingerprint density at radius 1 is 0.274 bits per heavy atom. The fraction of sp³-hybridized carbons (Fsp3) is 0.632. The zero-order valence-corrected chi connectivity index (χ0v) is 67.6. The lowest BCUT2D eigenvalue weighted by Crippen LogP contribution is -2.30. The van der Waals surface area contributed by atoms with Crippen LogP contribution in [0.25, 0.3) is 0 Å². The molecule has 0 rings (SSSR count). The predicted octanol–water partition coefficient (Wildman–Crippen LogP) is 23.8. The number of carbonyl (C=O) groups excluding carboxylic acids is 4. The van der Waals surface area contributed by atoms with Crippen LogP contribution < -0.4 is 0 Å². The number of unbranched alkanes of at least 4 members (excludes halogenated alkanes) is 20. The average molecular weight is 1520 g/mol. The van der Waals surface area contributed by atoms with E-state index in [0.29, 0.717) is 32.1 Å². The third-order valence-electron chi connectivity index (χ3n) is 16.1. The van der Waals surface area contributed by atoms with Gasteiger partial charge in [0, 0.05) is 25.7 Å². The van der Waals surface area contributed by atoms with Crippen LogP contribution in [0.2, 0.25) is 0 Å². The summed E-state index contributed by atoms with van der Waals surface area (Å²) in [5.41, 5.74) is 0. The van der Waals surface area contributed by atoms with Gasteiger partial charge in [0.15, 0.2) is 12.2 Å². The third kappa shape index (κ3) is 76.6. The summed E-state index contributed by atoms with van der Waals surface area (Å²) >= 11 is 0. The van der Waals surface area contributed by atoms with Crippen LogP contribution in [0, 0.1) is 0 Å². The summed E-state index contributed by atoms with van der Waals surface area (Å²) in [6, 6.07) is 0. The van der Waals surface area contributed by atoms with E-state index in [1.54, 1.807) is 0 Å². The molecule has 0 fully saturated rings. The van der Waals surface area contributed by atoms with Crippen LogP contribution in [0.5, 0.6) is 0 Å². The lowest BCUT2D eigenvalue weighted by molar-refractivity contribution is -0.161. The number of phosphoric acid groups is 2. The predicted molar refractivity (Wildman–Crippen MR) is 436 cm³/mol. The Balaban J connectivity index is 5.47. The SMILES string of the molecule is CC/C=C\C/C=C\C/C=C\C/C=C\C/C=C\C/C=C\CCC(=O)OCC(COP(=O)(O)OCC(O)COP(=O)(O)OCC(COC(=O)CCCCC/C=C\C/C=C\C/C=C\C/C=C\C/C=C\CC)OC(=O)CCCCCCC/C=C\C/C=C\CCC)OC(=O)CCCCCCC/C=C\CCCCCCCC. The number of aliphatic hydroxyl groups excluding tert-OH is 1. The zero-order valence-electron chi connectivity index (χ0n) is 65.8. The molecule has 0 bridgehead atoms. The van der Waals surface area contributed by atoms with E-state index in [2.05, 4.69) is 180 Å². The summed E-state index contributed by atoms with van der Waals surface area (Å²) in [5.74, 6) is -2.34. The third-order valence-corrected chi connectivity index (χ3v) is 18.0. The molecule has 0 saturated heterocycles. The van der Waals surface area contributed by atoms with Gasteiger partial charge in [-0.1, -0.05) is 281 Å². The van der Waals surface area contributed by atoms with Gasteiger partial charge in [-0.3, -0.25) is 37.3 Å². The van der Waals surface area contributed by atoms with Gasteiger partial charge in [0.25, 0.3) is 0 Å². The minimum Gasteiger partial charge on any atom is -0.462 e. The van der Waals surface area contributed by atoms with E-state index in [0.717, 1.165) is 173 Å². The minimum atomic E-state index is -5.01. The maximum atomic E-state index is 13.1. The van der Waals surface area contributed by atoms with Crippen LogP contribution in [0.4, 0.5) is 0 Å². The number of phosphoric ester groups is 2. The van der Waals surface area contributed by atoms with Crippen molar-refractivity contribution in [1.29, 1.82) is 0 Å². The van der Waals surface area contributed by atoms with Crippen LogP contribution in [-0.2, 0) is 65.4 Å². The molecule has 0 aromatic heterocycles. The maximum absolute atomic E-state index is 13.1. The first-order chi connectivity index (χ1) is 51.7. The van der Waals surface area contributed by atoms with Crippen molar-refractivity contribution in [2.45, 2.75) is 316 Å². The first-order valence-electron chi connectivity index (χ1n) is 40.4. The van der Waals surface area contributed by atoms with E-state index >= 15 is 0 Å². The van der Waals surface area contributed by atoms with E-state index in [-0.39, 0.29) is 25.7 Å². The molecule has 0 spiro atoms. The first kappa shape index (κ1) is 100. The number of hydrogen-bond donors (Lipinski definition) is 3. The Morgan fingerprint density at radius 3 is 0.868 bits per heavy atom. The number of carbonyl (C=O) groups is 4. The second-order valence-corrected chi connectivity index (χ2v) is 29.1. The number of rotatable bonds is 74. The van der Waals surface area contributed by atoms with Crippen LogP contribution in [0.15, 0.2) is 170 Å². The monoisotopic (exact) mass is 1520 g/mol. The Hall–Kier alpha value is -5.58. The normalized spacial score (nSPS) is 14.7. The molecule has 106 heavy (non-hydrogen) atoms. The standard InChI is InChI=1S/C87H142O17P2/c1-5-9-13-17-21-25-29-33-36-38-40-42-45-48-51-55-59-63-67-71-84(89)97-77-82(103-86(91)73-69-65-61-57-53-47-32-28-24-20-16-12-8-4)79-101-105(93,94)99-75-81(88)76-100-106(95,96)102-80-83(104-87(92)74-70-66-62-58-54-50-44-35-31-27-23-19-15-11-7-3)78-98-85(90)72-68-64-60-56-52-49-46-43-41-39-37-34-30-26-22-18-14-10-6-2/h9-10,13-14,16,20-22,25-26,28,32-37,40-44,48-49,51-52,60,64,81-83,88H,5-8,11-12,15,17-19,23-24,27,29-31,38-39,45-47,50,53-59,61-63,65-80H2,1-4H3,(H,93,94)(H,95,96)/b13-9-,14-10-,20-16-,25-21-,26-22-,32-28-,36-33-,37-34-,42-40-,43-41-,44-35-,51-48-,52-49-,64-60-. The summed E-state index contributed by atoms with van der Waals surface area (Å²) in [4.78, 5) is 73.0. The van der Waals surface area contributed by atoms with E-state index < -0.39 is 97.5 Å². The van der Waals surface area contributed by atoms with Crippen molar-refractivity contribution in [3.05, 3.63) is 170 Å². The minimum absolute atomic E-state index is 0.0290. The Kier molecular flexibility index (Phi) is 73.5. The van der Waals surface area contributed by atoms with Gasteiger partial charge >= 0.3 is 39.5 Å². The van der Waals surface area contributed by atoms with Crippen molar-refractivity contribution in [2.75, 3.05) is 39.6 Å². The van der Waals surface area contributed by atoms with E-state index in [1.807, 2.05) is 18.2 Å². The molecule has 0 aliphatic carbocycles. The average Bonchev–Trinajstić information content (AvgIpc) is 0.933. The van der Waals surface area contributed by atoms with Gasteiger partial charge in [0.1, 0.15) is 19.3 Å². The second-order valence-electron chi connectivity index (χ2n) is 26.2. The molecule has 5 atom stereocenters. The van der Waals surface area contributed by atoms with Crippen molar-refractivity contribution in [3.8, 4) is 0 Å². The van der Waals surface area contributed by atoms with Crippen molar-refractivity contribution in [1.82, 2.24) is 0 Å². The Bertz CT molecular complexity index is 2680. The van der Waals surface area contributed by atoms with Gasteiger partial charge in [0.05, 0.1) is 26.4 Å². The van der Waals surface area contributed by atoms with Crippen molar-refractivity contribution in [2.24, 2.45) is 0 Å². The van der Waals surface area contributed by atoms with Crippen molar-refractivity contribution in [3.63, 3.8) is 0 Å². The fourth-order valence-electron chi connectivity index (χ4n) is 10.1. The van der Waals surface area contributed by atoms with Crippen LogP contribution in [0.1, 0.15) is 297 Å². The fourth-order valence-corrected chi connectivity index (χ4v) is 11.6. The largest absolute Gasteiger partial charge is 0.472 e. The van der Waals surface area contributed by atoms with Crippen LogP contribution in [-0.4, -0.2) is 96.7 Å². The lowest BCUT2D eigenvalue weighted by atomic mass is 10.1. The van der Waals surface area contributed by atoms with Gasteiger partial charge in [-0.15, -0.1) is 0 Å². The summed E-state index contributed by atoms with van der Waals surface area (Å²) < 4.78 is 68.5. The first-order valence-corrected chi connectivity index (χ1v) is 43.4. The summed E-state index contributed by atoms with van der Waals surface area (Å²) in [5, 5.41) is 10.6. The lowest BCUT2D eigenvalue weighted by Gasteiger charge is -2.21. The second kappa shape index (κ2) is 77.6. The Morgan fingerprint density at radius 2 is 0.528 bits per heavy atom. The molecule has 0 aliphatic rings. The molecule has 602 valence electrons. The molecular formula is C87H142O17P2. The van der Waals surface area contributed by atoms with Crippen LogP contribution in [0.3, 0.4) is 0 Å². The highest BCUT2D eigenvalue weighted by atomic mass is 31.2. The molecule has 17 nitrogen and oxygen atoms in total. The number of ether oxygens (including phenoxy) is 4. The zero-order chi connectivity index (χ0) is 77.4. The number of allylic oxidation sites excluding steroid dienone is 28. The van der Waals surface area contributed by atoms with E-state index in [1.165, 1.54) is 38.5 Å². The van der Waals surface area contributed by atoms with Gasteiger partial charge < -0.3 is 33.8 Å². The molecule has 3 N–H and O–H groups in total. The van der Waals surface area contributed by atoms with Crippen molar-refractivity contribution >= 4 is 39.5 Å². The number of hydrogen-bond acceptors (Lipinski definition) is 15. The molecule has 0 saturated carbocycles. The number of esters is 4. The quantitative estimate of drug-likeness (QED) is 0.0169. The molecule has 5 unspecified atom stereocenters. The molecule has 0 radical (unpaired) electrons. The maximum Gasteiger partial charge on any atom is 0.472 e. The topological polar surface area (TPSA) is 237 Å². The molecule has 19 heteroatoms. The molecule has 0 aromatic rings. The molecule has 0 heterocycles. The summed E-state index contributed by atoms with van der Waals surface area (Å²) in [6.45, 7) is 4.42. The molecular weight excluding hydrogens is 1380 g/mol. The van der Waals surface area contributed by atoms with Crippen molar-refractivity contribution < 1.29 is 80.2 Å². The van der Waals surface area contributed by atoms with Crippen LogP contribution >= 0.6 is 15.6 Å². The highest BCUT2D eigenvalue weighted by Crippen LogP contribution is 2.45. The summed E-state index contributed by atoms with van der Waals surface area (Å²) in [6.07, 6.45) is 92.0.